The zero-order valence-corrected chi connectivity index (χ0v) is 19.4. The third kappa shape index (κ3) is 15.6. The fourth-order valence-corrected chi connectivity index (χ4v) is 5.93. The first-order chi connectivity index (χ1) is 11.3. The molecule has 0 fully saturated rings. The van der Waals surface area contributed by atoms with E-state index in [1.807, 2.05) is 0 Å². The SMILES string of the molecule is CCCC(CCC)O[SiH2]CCCCC[SiH2]OC(CCC)CCC. The highest BCUT2D eigenvalue weighted by Gasteiger charge is 2.07. The maximum absolute atomic E-state index is 6.16. The Morgan fingerprint density at radius 2 is 0.913 bits per heavy atom. The Kier molecular flexibility index (Phi) is 19.0. The van der Waals surface area contributed by atoms with E-state index in [1.54, 1.807) is 0 Å². The molecule has 0 aromatic rings. The van der Waals surface area contributed by atoms with Crippen LogP contribution in [0.4, 0.5) is 0 Å². The minimum Gasteiger partial charge on any atom is -0.421 e. The van der Waals surface area contributed by atoms with Gasteiger partial charge in [-0.15, -0.1) is 0 Å². The Labute approximate surface area is 151 Å². The number of rotatable bonds is 18. The zero-order valence-electron chi connectivity index (χ0n) is 16.6. The minimum atomic E-state index is -0.263. The van der Waals surface area contributed by atoms with Gasteiger partial charge >= 0.3 is 0 Å². The molecule has 23 heavy (non-hydrogen) atoms. The van der Waals surface area contributed by atoms with Gasteiger partial charge < -0.3 is 8.85 Å². The average Bonchev–Trinajstić information content (AvgIpc) is 2.54. The smallest absolute Gasteiger partial charge is 0.161 e. The summed E-state index contributed by atoms with van der Waals surface area (Å²) in [7, 11) is -0.526. The lowest BCUT2D eigenvalue weighted by molar-refractivity contribution is 0.186. The van der Waals surface area contributed by atoms with Gasteiger partial charge in [-0.05, 0) is 37.8 Å². The molecule has 0 bridgehead atoms. The standard InChI is InChI=1S/C19H44O2Si2/c1-5-12-18(13-6-2)20-22-16-10-9-11-17-23-21-19(14-7-3)15-8-4/h18-19H,5-17,22-23H2,1-4H3. The molecule has 0 radical (unpaired) electrons. The lowest BCUT2D eigenvalue weighted by Gasteiger charge is -2.17. The van der Waals surface area contributed by atoms with Crippen molar-refractivity contribution in [3.8, 4) is 0 Å². The molecule has 0 aliphatic rings. The van der Waals surface area contributed by atoms with Gasteiger partial charge in [0.15, 0.2) is 19.5 Å². The quantitative estimate of drug-likeness (QED) is 0.249. The molecule has 0 rings (SSSR count). The first-order valence-corrected chi connectivity index (χ1v) is 13.7. The second kappa shape index (κ2) is 18.7. The molecule has 140 valence electrons. The topological polar surface area (TPSA) is 18.5 Å². The summed E-state index contributed by atoms with van der Waals surface area (Å²) >= 11 is 0. The van der Waals surface area contributed by atoms with E-state index in [4.69, 9.17) is 8.85 Å². The summed E-state index contributed by atoms with van der Waals surface area (Å²) in [5, 5.41) is 0. The van der Waals surface area contributed by atoms with E-state index in [-0.39, 0.29) is 19.5 Å². The molecule has 0 saturated carbocycles. The summed E-state index contributed by atoms with van der Waals surface area (Å²) in [6.07, 6.45) is 15.4. The Morgan fingerprint density at radius 3 is 1.22 bits per heavy atom. The van der Waals surface area contributed by atoms with Crippen molar-refractivity contribution in [3.05, 3.63) is 0 Å². The van der Waals surface area contributed by atoms with Gasteiger partial charge in [-0.2, -0.15) is 0 Å². The van der Waals surface area contributed by atoms with Crippen LogP contribution in [-0.2, 0) is 8.85 Å². The Hall–Kier alpha value is 0.354. The van der Waals surface area contributed by atoms with E-state index >= 15 is 0 Å². The van der Waals surface area contributed by atoms with Crippen molar-refractivity contribution in [1.82, 2.24) is 0 Å². The molecule has 0 amide bonds. The van der Waals surface area contributed by atoms with Gasteiger partial charge in [-0.3, -0.25) is 0 Å². The van der Waals surface area contributed by atoms with Gasteiger partial charge in [0.1, 0.15) is 0 Å². The van der Waals surface area contributed by atoms with Crippen LogP contribution in [0, 0.1) is 0 Å². The number of hydrogen-bond donors (Lipinski definition) is 0. The Balaban J connectivity index is 3.41. The highest BCUT2D eigenvalue weighted by Crippen LogP contribution is 2.12. The third-order valence-electron chi connectivity index (χ3n) is 4.44. The average molecular weight is 361 g/mol. The highest BCUT2D eigenvalue weighted by atomic mass is 28.2. The van der Waals surface area contributed by atoms with Crippen molar-refractivity contribution in [3.63, 3.8) is 0 Å². The largest absolute Gasteiger partial charge is 0.421 e. The zero-order chi connectivity index (χ0) is 17.2. The van der Waals surface area contributed by atoms with Crippen molar-refractivity contribution in [2.75, 3.05) is 0 Å². The van der Waals surface area contributed by atoms with Gasteiger partial charge in [0.25, 0.3) is 0 Å². The molecule has 0 spiro atoms. The van der Waals surface area contributed by atoms with Crippen molar-refractivity contribution < 1.29 is 8.85 Å². The van der Waals surface area contributed by atoms with E-state index in [0.717, 1.165) is 0 Å². The van der Waals surface area contributed by atoms with Gasteiger partial charge in [0, 0.05) is 12.2 Å². The van der Waals surface area contributed by atoms with E-state index in [1.165, 1.54) is 82.7 Å². The molecule has 0 aliphatic heterocycles. The van der Waals surface area contributed by atoms with Crippen molar-refractivity contribution >= 4 is 19.5 Å². The molecule has 0 aromatic carbocycles. The monoisotopic (exact) mass is 360 g/mol. The van der Waals surface area contributed by atoms with Gasteiger partial charge in [-0.1, -0.05) is 72.6 Å². The first-order valence-electron chi connectivity index (χ1n) is 10.5. The lowest BCUT2D eigenvalue weighted by Crippen LogP contribution is -2.15. The van der Waals surface area contributed by atoms with Crippen LogP contribution in [0.2, 0.25) is 12.1 Å². The van der Waals surface area contributed by atoms with Crippen LogP contribution in [-0.4, -0.2) is 31.7 Å². The molecule has 0 aliphatic carbocycles. The first kappa shape index (κ1) is 23.4. The second-order valence-electron chi connectivity index (χ2n) is 6.91. The van der Waals surface area contributed by atoms with E-state index in [9.17, 15) is 0 Å². The van der Waals surface area contributed by atoms with E-state index in [0.29, 0.717) is 12.2 Å². The van der Waals surface area contributed by atoms with Crippen molar-refractivity contribution in [2.45, 2.75) is 123 Å². The van der Waals surface area contributed by atoms with Crippen LogP contribution >= 0.6 is 0 Å². The predicted molar refractivity (Wildman–Crippen MR) is 110 cm³/mol. The molecule has 0 saturated heterocycles. The minimum absolute atomic E-state index is 0.263. The van der Waals surface area contributed by atoms with Crippen molar-refractivity contribution in [2.24, 2.45) is 0 Å². The molecule has 4 heteroatoms. The van der Waals surface area contributed by atoms with Gasteiger partial charge in [-0.25, -0.2) is 0 Å². The maximum atomic E-state index is 6.16. The van der Waals surface area contributed by atoms with Gasteiger partial charge in [0.2, 0.25) is 0 Å². The number of unbranched alkanes of at least 4 members (excludes halogenated alkanes) is 2. The Morgan fingerprint density at radius 1 is 0.565 bits per heavy atom. The van der Waals surface area contributed by atoms with E-state index < -0.39 is 0 Å². The molecule has 0 unspecified atom stereocenters. The summed E-state index contributed by atoms with van der Waals surface area (Å²) in [5.41, 5.74) is 0. The van der Waals surface area contributed by atoms with Crippen LogP contribution in [0.5, 0.6) is 0 Å². The number of hydrogen-bond acceptors (Lipinski definition) is 2. The predicted octanol–water partition coefficient (Wildman–Crippen LogP) is 5.13. The molecular weight excluding hydrogens is 316 g/mol. The van der Waals surface area contributed by atoms with E-state index in [2.05, 4.69) is 27.7 Å². The summed E-state index contributed by atoms with van der Waals surface area (Å²) in [6.45, 7) is 9.08. The summed E-state index contributed by atoms with van der Waals surface area (Å²) in [5.74, 6) is 0. The maximum Gasteiger partial charge on any atom is 0.161 e. The van der Waals surface area contributed by atoms with Crippen LogP contribution in [0.1, 0.15) is 98.3 Å². The summed E-state index contributed by atoms with van der Waals surface area (Å²) in [6, 6.07) is 2.75. The molecule has 2 nitrogen and oxygen atoms in total. The van der Waals surface area contributed by atoms with Crippen LogP contribution in [0.15, 0.2) is 0 Å². The van der Waals surface area contributed by atoms with Gasteiger partial charge in [0.05, 0.1) is 0 Å². The molecule has 0 heterocycles. The highest BCUT2D eigenvalue weighted by molar-refractivity contribution is 6.27. The van der Waals surface area contributed by atoms with Crippen LogP contribution in [0.25, 0.3) is 0 Å². The molecule has 0 N–H and O–H groups in total. The molecular formula is C19H44O2Si2. The summed E-state index contributed by atoms with van der Waals surface area (Å²) < 4.78 is 12.3. The molecule has 0 atom stereocenters. The fraction of sp³-hybridized carbons (Fsp3) is 1.00. The Bertz CT molecular complexity index is 193. The molecule has 0 aromatic heterocycles. The van der Waals surface area contributed by atoms with Crippen LogP contribution in [0.3, 0.4) is 0 Å². The summed E-state index contributed by atoms with van der Waals surface area (Å²) in [4.78, 5) is 0. The van der Waals surface area contributed by atoms with Crippen LogP contribution < -0.4 is 0 Å². The lowest BCUT2D eigenvalue weighted by atomic mass is 10.1. The normalized spacial score (nSPS) is 12.8. The fourth-order valence-electron chi connectivity index (χ4n) is 3.14. The van der Waals surface area contributed by atoms with Crippen molar-refractivity contribution in [1.29, 1.82) is 0 Å². The third-order valence-corrected chi connectivity index (χ3v) is 7.43. The second-order valence-corrected chi connectivity index (χ2v) is 9.81.